The fourth-order valence-electron chi connectivity index (χ4n) is 2.93. The lowest BCUT2D eigenvalue weighted by Gasteiger charge is -2.27. The minimum Gasteiger partial charge on any atom is -0.337 e. The van der Waals surface area contributed by atoms with E-state index in [9.17, 15) is 9.59 Å². The predicted molar refractivity (Wildman–Crippen MR) is 114 cm³/mol. The average Bonchev–Trinajstić information content (AvgIpc) is 2.69. The van der Waals surface area contributed by atoms with Crippen molar-refractivity contribution in [1.29, 1.82) is 0 Å². The standard InChI is InChI=1S/C20H23N3O2S.ClH/c1-14-17(20(25)23-9-11-26-12-10-23)3-2-4-18(14)22-19(24)16-7-5-15(13-21)6-8-16;/h2-8H,9-13,21H2,1H3,(H,22,24);1H. The second-order valence-electron chi connectivity index (χ2n) is 6.24. The number of hydrogen-bond donors (Lipinski definition) is 2. The molecule has 27 heavy (non-hydrogen) atoms. The Morgan fingerprint density at radius 2 is 1.78 bits per heavy atom. The van der Waals surface area contributed by atoms with Crippen LogP contribution in [0.2, 0.25) is 0 Å². The van der Waals surface area contributed by atoms with Crippen LogP contribution >= 0.6 is 24.2 Å². The van der Waals surface area contributed by atoms with Gasteiger partial charge in [0.1, 0.15) is 0 Å². The highest BCUT2D eigenvalue weighted by molar-refractivity contribution is 7.99. The van der Waals surface area contributed by atoms with E-state index in [4.69, 9.17) is 5.73 Å². The SMILES string of the molecule is Cc1c(NC(=O)c2ccc(CN)cc2)cccc1C(=O)N1CCSCC1.Cl. The number of thioether (sulfide) groups is 1. The van der Waals surface area contributed by atoms with Gasteiger partial charge in [-0.1, -0.05) is 18.2 Å². The van der Waals surface area contributed by atoms with Gasteiger partial charge in [0.05, 0.1) is 0 Å². The Bertz CT molecular complexity index is 805. The van der Waals surface area contributed by atoms with Gasteiger partial charge in [-0.3, -0.25) is 9.59 Å². The van der Waals surface area contributed by atoms with Gasteiger partial charge in [-0.25, -0.2) is 0 Å². The smallest absolute Gasteiger partial charge is 0.255 e. The quantitative estimate of drug-likeness (QED) is 0.818. The average molecular weight is 406 g/mol. The Morgan fingerprint density at radius 3 is 2.41 bits per heavy atom. The lowest BCUT2D eigenvalue weighted by molar-refractivity contribution is 0.0771. The van der Waals surface area contributed by atoms with Crippen LogP contribution in [0.15, 0.2) is 42.5 Å². The zero-order chi connectivity index (χ0) is 18.5. The summed E-state index contributed by atoms with van der Waals surface area (Å²) in [6.45, 7) is 3.86. The summed E-state index contributed by atoms with van der Waals surface area (Å²) in [4.78, 5) is 27.2. The van der Waals surface area contributed by atoms with Crippen LogP contribution in [0.3, 0.4) is 0 Å². The maximum Gasteiger partial charge on any atom is 0.255 e. The van der Waals surface area contributed by atoms with Crippen molar-refractivity contribution < 1.29 is 9.59 Å². The van der Waals surface area contributed by atoms with E-state index < -0.39 is 0 Å². The number of nitrogens with one attached hydrogen (secondary N) is 1. The molecule has 1 fully saturated rings. The highest BCUT2D eigenvalue weighted by Crippen LogP contribution is 2.22. The third-order valence-corrected chi connectivity index (χ3v) is 5.51. The summed E-state index contributed by atoms with van der Waals surface area (Å²) in [5.74, 6) is 1.78. The first-order chi connectivity index (χ1) is 12.6. The van der Waals surface area contributed by atoms with Crippen LogP contribution in [0.5, 0.6) is 0 Å². The van der Waals surface area contributed by atoms with Gasteiger partial charge in [0.15, 0.2) is 0 Å². The summed E-state index contributed by atoms with van der Waals surface area (Å²) in [7, 11) is 0. The number of nitrogens with two attached hydrogens (primary N) is 1. The Kier molecular flexibility index (Phi) is 7.71. The molecule has 1 aliphatic rings. The van der Waals surface area contributed by atoms with Crippen LogP contribution in [0.1, 0.15) is 31.8 Å². The summed E-state index contributed by atoms with van der Waals surface area (Å²) in [5.41, 5.74) is 9.23. The molecule has 7 heteroatoms. The molecule has 1 saturated heterocycles. The topological polar surface area (TPSA) is 75.4 Å². The molecule has 3 N–H and O–H groups in total. The van der Waals surface area contributed by atoms with Crippen LogP contribution in [0, 0.1) is 6.92 Å². The Balaban J connectivity index is 0.00000261. The van der Waals surface area contributed by atoms with E-state index in [0.29, 0.717) is 23.4 Å². The van der Waals surface area contributed by atoms with Crippen molar-refractivity contribution in [1.82, 2.24) is 4.90 Å². The first kappa shape index (κ1) is 21.3. The summed E-state index contributed by atoms with van der Waals surface area (Å²) in [6, 6.07) is 12.7. The Hall–Kier alpha value is -2.02. The molecule has 5 nitrogen and oxygen atoms in total. The van der Waals surface area contributed by atoms with E-state index in [1.807, 2.05) is 53.9 Å². The molecule has 1 heterocycles. The van der Waals surface area contributed by atoms with Crippen LogP contribution in [-0.2, 0) is 6.54 Å². The summed E-state index contributed by atoms with van der Waals surface area (Å²) < 4.78 is 0. The van der Waals surface area contributed by atoms with E-state index in [1.165, 1.54) is 0 Å². The van der Waals surface area contributed by atoms with E-state index in [0.717, 1.165) is 35.7 Å². The molecule has 0 saturated carbocycles. The van der Waals surface area contributed by atoms with Crippen LogP contribution in [-0.4, -0.2) is 41.3 Å². The molecule has 0 spiro atoms. The summed E-state index contributed by atoms with van der Waals surface area (Å²) in [6.07, 6.45) is 0. The molecule has 0 bridgehead atoms. The van der Waals surface area contributed by atoms with Gasteiger partial charge in [0.25, 0.3) is 11.8 Å². The molecular formula is C20H24ClN3O2S. The normalized spacial score (nSPS) is 13.6. The first-order valence-corrected chi connectivity index (χ1v) is 9.82. The number of hydrogen-bond acceptors (Lipinski definition) is 4. The van der Waals surface area contributed by atoms with Gasteiger partial charge in [-0.15, -0.1) is 12.4 Å². The van der Waals surface area contributed by atoms with Crippen molar-refractivity contribution in [3.8, 4) is 0 Å². The monoisotopic (exact) mass is 405 g/mol. The number of benzene rings is 2. The summed E-state index contributed by atoms with van der Waals surface area (Å²) in [5, 5.41) is 2.92. The van der Waals surface area contributed by atoms with E-state index in [-0.39, 0.29) is 24.2 Å². The molecule has 0 radical (unpaired) electrons. The van der Waals surface area contributed by atoms with Gasteiger partial charge < -0.3 is 16.0 Å². The van der Waals surface area contributed by atoms with Crippen LogP contribution in [0.4, 0.5) is 5.69 Å². The molecule has 1 aliphatic heterocycles. The van der Waals surface area contributed by atoms with Crippen molar-refractivity contribution in [2.75, 3.05) is 29.9 Å². The number of amides is 2. The van der Waals surface area contributed by atoms with Crippen molar-refractivity contribution in [3.63, 3.8) is 0 Å². The van der Waals surface area contributed by atoms with Gasteiger partial charge in [-0.05, 0) is 42.3 Å². The molecular weight excluding hydrogens is 382 g/mol. The molecule has 2 aromatic carbocycles. The Labute approximate surface area is 170 Å². The number of carbonyl (C=O) groups is 2. The second kappa shape index (κ2) is 9.78. The largest absolute Gasteiger partial charge is 0.337 e. The minimum atomic E-state index is -0.198. The zero-order valence-corrected chi connectivity index (χ0v) is 16.9. The maximum absolute atomic E-state index is 12.8. The fraction of sp³-hybridized carbons (Fsp3) is 0.300. The van der Waals surface area contributed by atoms with E-state index in [1.54, 1.807) is 12.1 Å². The summed E-state index contributed by atoms with van der Waals surface area (Å²) >= 11 is 1.87. The van der Waals surface area contributed by atoms with Gasteiger partial charge >= 0.3 is 0 Å². The molecule has 2 aromatic rings. The lowest BCUT2D eigenvalue weighted by Crippen LogP contribution is -2.38. The third-order valence-electron chi connectivity index (χ3n) is 4.56. The van der Waals surface area contributed by atoms with Crippen LogP contribution < -0.4 is 11.1 Å². The molecule has 3 rings (SSSR count). The molecule has 0 atom stereocenters. The third kappa shape index (κ3) is 5.03. The molecule has 0 aromatic heterocycles. The van der Waals surface area contributed by atoms with Crippen molar-refractivity contribution in [2.45, 2.75) is 13.5 Å². The highest BCUT2D eigenvalue weighted by Gasteiger charge is 2.21. The second-order valence-corrected chi connectivity index (χ2v) is 7.46. The molecule has 0 unspecified atom stereocenters. The van der Waals surface area contributed by atoms with E-state index >= 15 is 0 Å². The van der Waals surface area contributed by atoms with Gasteiger partial charge in [0.2, 0.25) is 0 Å². The molecule has 0 aliphatic carbocycles. The fourth-order valence-corrected chi connectivity index (χ4v) is 3.83. The molecule has 144 valence electrons. The van der Waals surface area contributed by atoms with Gasteiger partial charge in [0, 0.05) is 48.0 Å². The highest BCUT2D eigenvalue weighted by atomic mass is 35.5. The maximum atomic E-state index is 12.8. The number of nitrogens with zero attached hydrogens (tertiary/aromatic N) is 1. The first-order valence-electron chi connectivity index (χ1n) is 8.67. The van der Waals surface area contributed by atoms with Crippen molar-refractivity contribution in [2.24, 2.45) is 5.73 Å². The number of halogens is 1. The van der Waals surface area contributed by atoms with Crippen molar-refractivity contribution >= 4 is 41.7 Å². The number of anilines is 1. The van der Waals surface area contributed by atoms with Gasteiger partial charge in [-0.2, -0.15) is 11.8 Å². The lowest BCUT2D eigenvalue weighted by atomic mass is 10.0. The number of carbonyl (C=O) groups excluding carboxylic acids is 2. The zero-order valence-electron chi connectivity index (χ0n) is 15.2. The van der Waals surface area contributed by atoms with Crippen LogP contribution in [0.25, 0.3) is 0 Å². The molecule has 2 amide bonds. The number of rotatable bonds is 4. The Morgan fingerprint density at radius 1 is 1.11 bits per heavy atom. The van der Waals surface area contributed by atoms with Crippen molar-refractivity contribution in [3.05, 3.63) is 64.7 Å². The van der Waals surface area contributed by atoms with E-state index in [2.05, 4.69) is 5.32 Å². The minimum absolute atomic E-state index is 0. The predicted octanol–water partition coefficient (Wildman–Crippen LogP) is 3.32.